The maximum absolute atomic E-state index is 11.7. The van der Waals surface area contributed by atoms with Gasteiger partial charge in [0.2, 0.25) is 11.8 Å². The summed E-state index contributed by atoms with van der Waals surface area (Å²) in [6, 6.07) is -1.16. The lowest BCUT2D eigenvalue weighted by Crippen LogP contribution is -2.42. The van der Waals surface area contributed by atoms with Crippen LogP contribution < -0.4 is 11.1 Å². The third-order valence-corrected chi connectivity index (χ3v) is 3.37. The van der Waals surface area contributed by atoms with Crippen molar-refractivity contribution in [3.8, 4) is 0 Å². The lowest BCUT2D eigenvalue weighted by Gasteiger charge is -2.15. The molecule has 2 amide bonds. The summed E-state index contributed by atoms with van der Waals surface area (Å²) in [5.74, 6) is -2.37. The number of aliphatic hydroxyl groups excluding tert-OH is 1. The summed E-state index contributed by atoms with van der Waals surface area (Å²) in [7, 11) is 0. The van der Waals surface area contributed by atoms with Gasteiger partial charge in [0.1, 0.15) is 6.04 Å². The molecule has 0 bridgehead atoms. The molecule has 0 aromatic carbocycles. The molecule has 0 aliphatic rings. The fourth-order valence-electron chi connectivity index (χ4n) is 2.10. The monoisotopic (exact) mass is 316 g/mol. The number of primary amides is 1. The van der Waals surface area contributed by atoms with Crippen molar-refractivity contribution in [2.45, 2.75) is 76.9 Å². The van der Waals surface area contributed by atoms with Crippen molar-refractivity contribution in [1.82, 2.24) is 5.32 Å². The van der Waals surface area contributed by atoms with Crippen LogP contribution in [-0.2, 0) is 14.4 Å². The van der Waals surface area contributed by atoms with E-state index in [0.29, 0.717) is 6.42 Å². The number of aliphatic carboxylic acids is 1. The molecule has 0 heterocycles. The molecule has 0 radical (unpaired) electrons. The standard InChI is InChI=1S/C15H28N2O5/c1-2-3-4-5-6-7-11(18)10-14(20)17-12(15(21)22)8-9-13(16)19/h11-12,18H,2-10H2,1H3,(H2,16,19)(H,17,20)(H,21,22)/t11?,12-/m0/s1. The molecule has 0 aliphatic heterocycles. The third kappa shape index (κ3) is 11.1. The maximum atomic E-state index is 11.7. The van der Waals surface area contributed by atoms with Gasteiger partial charge in [-0.25, -0.2) is 4.79 Å². The van der Waals surface area contributed by atoms with Crippen LogP contribution >= 0.6 is 0 Å². The number of hydrogen-bond donors (Lipinski definition) is 4. The van der Waals surface area contributed by atoms with Crippen LogP contribution in [0.3, 0.4) is 0 Å². The summed E-state index contributed by atoms with van der Waals surface area (Å²) in [4.78, 5) is 33.3. The van der Waals surface area contributed by atoms with Gasteiger partial charge in [-0.1, -0.05) is 39.0 Å². The molecular formula is C15H28N2O5. The zero-order chi connectivity index (χ0) is 17.0. The van der Waals surface area contributed by atoms with Gasteiger partial charge in [0, 0.05) is 6.42 Å². The Morgan fingerprint density at radius 2 is 1.73 bits per heavy atom. The summed E-state index contributed by atoms with van der Waals surface area (Å²) in [5.41, 5.74) is 4.96. The second-order valence-electron chi connectivity index (χ2n) is 5.52. The molecule has 0 saturated heterocycles. The molecule has 128 valence electrons. The van der Waals surface area contributed by atoms with Gasteiger partial charge in [-0.2, -0.15) is 0 Å². The Morgan fingerprint density at radius 1 is 1.09 bits per heavy atom. The molecule has 1 unspecified atom stereocenters. The number of carboxylic acid groups (broad SMARTS) is 1. The number of nitrogens with two attached hydrogens (primary N) is 1. The normalized spacial score (nSPS) is 13.4. The number of rotatable bonds is 13. The molecule has 0 spiro atoms. The Kier molecular flexibility index (Phi) is 11.1. The minimum atomic E-state index is -1.22. The molecule has 7 nitrogen and oxygen atoms in total. The average Bonchev–Trinajstić information content (AvgIpc) is 2.42. The van der Waals surface area contributed by atoms with E-state index >= 15 is 0 Å². The van der Waals surface area contributed by atoms with Crippen LogP contribution in [0.5, 0.6) is 0 Å². The zero-order valence-corrected chi connectivity index (χ0v) is 13.2. The van der Waals surface area contributed by atoms with Crippen molar-refractivity contribution in [2.75, 3.05) is 0 Å². The van der Waals surface area contributed by atoms with Crippen molar-refractivity contribution in [1.29, 1.82) is 0 Å². The number of carboxylic acids is 1. The molecule has 0 fully saturated rings. The number of carbonyl (C=O) groups excluding carboxylic acids is 2. The number of aliphatic hydroxyl groups is 1. The molecule has 0 aromatic heterocycles. The molecule has 0 aromatic rings. The van der Waals surface area contributed by atoms with E-state index in [9.17, 15) is 19.5 Å². The van der Waals surface area contributed by atoms with Crippen LogP contribution in [0.1, 0.15) is 64.7 Å². The molecule has 0 aliphatic carbocycles. The Hall–Kier alpha value is -1.63. The predicted octanol–water partition coefficient (Wildman–Crippen LogP) is 0.933. The second-order valence-corrected chi connectivity index (χ2v) is 5.52. The first-order chi connectivity index (χ1) is 10.4. The van der Waals surface area contributed by atoms with Gasteiger partial charge in [0.05, 0.1) is 12.5 Å². The van der Waals surface area contributed by atoms with Crippen LogP contribution in [0.25, 0.3) is 0 Å². The number of nitrogens with one attached hydrogen (secondary N) is 1. The molecule has 5 N–H and O–H groups in total. The van der Waals surface area contributed by atoms with Gasteiger partial charge in [-0.05, 0) is 12.8 Å². The highest BCUT2D eigenvalue weighted by atomic mass is 16.4. The van der Waals surface area contributed by atoms with Gasteiger partial charge in [-0.15, -0.1) is 0 Å². The fourth-order valence-corrected chi connectivity index (χ4v) is 2.10. The molecule has 2 atom stereocenters. The van der Waals surface area contributed by atoms with E-state index in [2.05, 4.69) is 12.2 Å². The Morgan fingerprint density at radius 3 is 2.27 bits per heavy atom. The highest BCUT2D eigenvalue weighted by Gasteiger charge is 2.21. The summed E-state index contributed by atoms with van der Waals surface area (Å²) < 4.78 is 0. The Labute approximate surface area is 131 Å². The topological polar surface area (TPSA) is 130 Å². The fraction of sp³-hybridized carbons (Fsp3) is 0.800. The molecular weight excluding hydrogens is 288 g/mol. The predicted molar refractivity (Wildman–Crippen MR) is 82.0 cm³/mol. The van der Waals surface area contributed by atoms with E-state index < -0.39 is 29.9 Å². The van der Waals surface area contributed by atoms with Gasteiger partial charge < -0.3 is 21.3 Å². The van der Waals surface area contributed by atoms with Gasteiger partial charge in [0.25, 0.3) is 0 Å². The minimum absolute atomic E-state index is 0.0521. The van der Waals surface area contributed by atoms with E-state index in [-0.39, 0.29) is 19.3 Å². The maximum Gasteiger partial charge on any atom is 0.326 e. The highest BCUT2D eigenvalue weighted by Crippen LogP contribution is 2.09. The molecule has 0 rings (SSSR count). The van der Waals surface area contributed by atoms with Crippen molar-refractivity contribution in [3.05, 3.63) is 0 Å². The van der Waals surface area contributed by atoms with Crippen molar-refractivity contribution < 1.29 is 24.6 Å². The van der Waals surface area contributed by atoms with E-state index in [1.54, 1.807) is 0 Å². The van der Waals surface area contributed by atoms with E-state index in [1.165, 1.54) is 0 Å². The smallest absolute Gasteiger partial charge is 0.326 e. The number of amides is 2. The number of unbranched alkanes of at least 4 members (excludes halogenated alkanes) is 4. The van der Waals surface area contributed by atoms with Crippen molar-refractivity contribution in [3.63, 3.8) is 0 Å². The first kappa shape index (κ1) is 20.4. The van der Waals surface area contributed by atoms with Crippen LogP contribution in [-0.4, -0.2) is 40.1 Å². The lowest BCUT2D eigenvalue weighted by molar-refractivity contribution is -0.142. The van der Waals surface area contributed by atoms with Crippen LogP contribution in [0.4, 0.5) is 0 Å². The van der Waals surface area contributed by atoms with E-state index in [0.717, 1.165) is 32.1 Å². The SMILES string of the molecule is CCCCCCCC(O)CC(=O)N[C@@H](CCC(N)=O)C(=O)O. The Bertz CT molecular complexity index is 360. The van der Waals surface area contributed by atoms with Crippen molar-refractivity contribution >= 4 is 17.8 Å². The summed E-state index contributed by atoms with van der Waals surface area (Å²) in [5, 5.41) is 21.0. The first-order valence-corrected chi connectivity index (χ1v) is 7.85. The summed E-state index contributed by atoms with van der Waals surface area (Å²) in [6.45, 7) is 2.12. The third-order valence-electron chi connectivity index (χ3n) is 3.37. The minimum Gasteiger partial charge on any atom is -0.480 e. The lowest BCUT2D eigenvalue weighted by atomic mass is 10.1. The van der Waals surface area contributed by atoms with Gasteiger partial charge >= 0.3 is 5.97 Å². The van der Waals surface area contributed by atoms with E-state index in [1.807, 2.05) is 0 Å². The van der Waals surface area contributed by atoms with Crippen LogP contribution in [0.2, 0.25) is 0 Å². The summed E-state index contributed by atoms with van der Waals surface area (Å²) in [6.07, 6.45) is 4.74. The van der Waals surface area contributed by atoms with Crippen LogP contribution in [0, 0.1) is 0 Å². The average molecular weight is 316 g/mol. The second kappa shape index (κ2) is 12.0. The number of hydrogen-bond acceptors (Lipinski definition) is 4. The molecule has 22 heavy (non-hydrogen) atoms. The molecule has 7 heteroatoms. The van der Waals surface area contributed by atoms with Gasteiger partial charge in [-0.3, -0.25) is 9.59 Å². The summed E-state index contributed by atoms with van der Waals surface area (Å²) >= 11 is 0. The molecule has 0 saturated carbocycles. The van der Waals surface area contributed by atoms with E-state index in [4.69, 9.17) is 10.8 Å². The zero-order valence-electron chi connectivity index (χ0n) is 13.2. The largest absolute Gasteiger partial charge is 0.480 e. The number of carbonyl (C=O) groups is 3. The first-order valence-electron chi connectivity index (χ1n) is 7.85. The van der Waals surface area contributed by atoms with Crippen LogP contribution in [0.15, 0.2) is 0 Å². The quantitative estimate of drug-likeness (QED) is 0.376. The Balaban J connectivity index is 4.01. The highest BCUT2D eigenvalue weighted by molar-refractivity contribution is 5.84. The van der Waals surface area contributed by atoms with Crippen molar-refractivity contribution in [2.24, 2.45) is 5.73 Å². The van der Waals surface area contributed by atoms with Gasteiger partial charge in [0.15, 0.2) is 0 Å².